The second-order valence-corrected chi connectivity index (χ2v) is 5.54. The van der Waals surface area contributed by atoms with Gasteiger partial charge in [0.25, 0.3) is 5.91 Å². The number of hydrogen-bond acceptors (Lipinski definition) is 4. The van der Waals surface area contributed by atoms with Crippen LogP contribution in [-0.4, -0.2) is 40.0 Å². The highest BCUT2D eigenvalue weighted by Gasteiger charge is 2.33. The molecule has 2 aromatic heterocycles. The third kappa shape index (κ3) is 2.97. The maximum absolute atomic E-state index is 12.1. The Kier molecular flexibility index (Phi) is 3.74. The van der Waals surface area contributed by atoms with Gasteiger partial charge >= 0.3 is 0 Å². The quantitative estimate of drug-likeness (QED) is 0.909. The number of nitrogens with one attached hydrogen (secondary N) is 1. The number of pyridine rings is 2. The first kappa shape index (κ1) is 13.8. The molecule has 1 fully saturated rings. The van der Waals surface area contributed by atoms with Crippen LogP contribution >= 0.6 is 15.9 Å². The fourth-order valence-electron chi connectivity index (χ4n) is 2.02. The maximum atomic E-state index is 12.1. The van der Waals surface area contributed by atoms with E-state index < -0.39 is 0 Å². The van der Waals surface area contributed by atoms with Crippen molar-refractivity contribution >= 4 is 21.8 Å². The van der Waals surface area contributed by atoms with Crippen molar-refractivity contribution in [3.05, 3.63) is 57.0 Å². The standard InChI is InChI=1S/C14H12BrN3O3/c15-11-2-1-5-16-13(11)21-10-7-18(8-10)14(20)9-3-4-12(19)17-6-9/h1-6,10H,7-8H2,(H,17,19). The molecule has 1 amide bonds. The number of halogens is 1. The topological polar surface area (TPSA) is 75.3 Å². The number of aromatic nitrogens is 2. The molecule has 7 heteroatoms. The molecule has 1 aliphatic rings. The van der Waals surface area contributed by atoms with Crippen LogP contribution < -0.4 is 10.3 Å². The van der Waals surface area contributed by atoms with Crippen molar-refractivity contribution in [2.75, 3.05) is 13.1 Å². The van der Waals surface area contributed by atoms with E-state index in [9.17, 15) is 9.59 Å². The molecule has 3 rings (SSSR count). The number of amides is 1. The number of carbonyl (C=O) groups is 1. The number of aromatic amines is 1. The molecule has 108 valence electrons. The second kappa shape index (κ2) is 5.69. The van der Waals surface area contributed by atoms with E-state index in [1.807, 2.05) is 12.1 Å². The van der Waals surface area contributed by atoms with E-state index in [0.717, 1.165) is 4.47 Å². The summed E-state index contributed by atoms with van der Waals surface area (Å²) in [4.78, 5) is 31.4. The predicted molar refractivity (Wildman–Crippen MR) is 79.3 cm³/mol. The molecular weight excluding hydrogens is 338 g/mol. The zero-order valence-electron chi connectivity index (χ0n) is 11.0. The first-order valence-corrected chi connectivity index (χ1v) is 7.18. The van der Waals surface area contributed by atoms with Crippen LogP contribution in [0, 0.1) is 0 Å². The molecule has 0 bridgehead atoms. The Morgan fingerprint density at radius 2 is 2.19 bits per heavy atom. The highest BCUT2D eigenvalue weighted by molar-refractivity contribution is 9.10. The van der Waals surface area contributed by atoms with Crippen LogP contribution in [0.3, 0.4) is 0 Å². The summed E-state index contributed by atoms with van der Waals surface area (Å²) < 4.78 is 6.49. The monoisotopic (exact) mass is 349 g/mol. The Labute approximate surface area is 128 Å². The summed E-state index contributed by atoms with van der Waals surface area (Å²) in [6, 6.07) is 6.52. The Morgan fingerprint density at radius 3 is 2.86 bits per heavy atom. The minimum atomic E-state index is -0.226. The van der Waals surface area contributed by atoms with Gasteiger partial charge in [0.2, 0.25) is 11.4 Å². The molecule has 2 aromatic rings. The average molecular weight is 350 g/mol. The van der Waals surface area contributed by atoms with Crippen molar-refractivity contribution < 1.29 is 9.53 Å². The Balaban J connectivity index is 1.58. The van der Waals surface area contributed by atoms with Gasteiger partial charge in [-0.1, -0.05) is 0 Å². The largest absolute Gasteiger partial charge is 0.470 e. The molecule has 0 aromatic carbocycles. The lowest BCUT2D eigenvalue weighted by Gasteiger charge is -2.38. The van der Waals surface area contributed by atoms with E-state index in [0.29, 0.717) is 24.5 Å². The summed E-state index contributed by atoms with van der Waals surface area (Å²) in [7, 11) is 0. The highest BCUT2D eigenvalue weighted by Crippen LogP contribution is 2.24. The maximum Gasteiger partial charge on any atom is 0.255 e. The van der Waals surface area contributed by atoms with Gasteiger partial charge in [0.05, 0.1) is 23.1 Å². The summed E-state index contributed by atoms with van der Waals surface area (Å²) in [6.45, 7) is 1.00. The smallest absolute Gasteiger partial charge is 0.255 e. The number of ether oxygens (including phenoxy) is 1. The number of nitrogens with zero attached hydrogens (tertiary/aromatic N) is 2. The summed E-state index contributed by atoms with van der Waals surface area (Å²) in [5, 5.41) is 0. The van der Waals surface area contributed by atoms with E-state index >= 15 is 0 Å². The molecule has 0 aliphatic carbocycles. The fourth-order valence-corrected chi connectivity index (χ4v) is 2.37. The molecule has 1 aliphatic heterocycles. The summed E-state index contributed by atoms with van der Waals surface area (Å²) >= 11 is 3.36. The van der Waals surface area contributed by atoms with Gasteiger partial charge in [-0.05, 0) is 34.1 Å². The van der Waals surface area contributed by atoms with Crippen LogP contribution in [0.25, 0.3) is 0 Å². The molecule has 0 spiro atoms. The molecule has 1 saturated heterocycles. The number of hydrogen-bond donors (Lipinski definition) is 1. The highest BCUT2D eigenvalue weighted by atomic mass is 79.9. The molecule has 0 unspecified atom stereocenters. The summed E-state index contributed by atoms with van der Waals surface area (Å²) in [5.41, 5.74) is 0.239. The van der Waals surface area contributed by atoms with Gasteiger partial charge < -0.3 is 14.6 Å². The SMILES string of the molecule is O=C(c1ccc(=O)[nH]c1)N1CC(Oc2ncccc2Br)C1. The molecule has 6 nitrogen and oxygen atoms in total. The lowest BCUT2D eigenvalue weighted by molar-refractivity contribution is 0.0156. The Morgan fingerprint density at radius 1 is 1.38 bits per heavy atom. The van der Waals surface area contributed by atoms with E-state index in [1.165, 1.54) is 18.3 Å². The van der Waals surface area contributed by atoms with Crippen molar-refractivity contribution in [2.24, 2.45) is 0 Å². The van der Waals surface area contributed by atoms with Crippen molar-refractivity contribution in [3.63, 3.8) is 0 Å². The predicted octanol–water partition coefficient (Wildman–Crippen LogP) is 1.44. The van der Waals surface area contributed by atoms with Crippen LogP contribution in [0.15, 0.2) is 45.9 Å². The van der Waals surface area contributed by atoms with Gasteiger partial charge in [0.15, 0.2) is 0 Å². The normalized spacial score (nSPS) is 14.6. The minimum absolute atomic E-state index is 0.0667. The van der Waals surface area contributed by atoms with Crippen LogP contribution in [0.5, 0.6) is 5.88 Å². The van der Waals surface area contributed by atoms with Gasteiger partial charge in [0, 0.05) is 18.5 Å². The third-order valence-electron chi connectivity index (χ3n) is 3.17. The minimum Gasteiger partial charge on any atom is -0.470 e. The van der Waals surface area contributed by atoms with Gasteiger partial charge in [0.1, 0.15) is 6.10 Å². The van der Waals surface area contributed by atoms with Crippen LogP contribution in [0.1, 0.15) is 10.4 Å². The van der Waals surface area contributed by atoms with Crippen molar-refractivity contribution in [1.82, 2.24) is 14.9 Å². The van der Waals surface area contributed by atoms with Gasteiger partial charge in [-0.3, -0.25) is 9.59 Å². The first-order chi connectivity index (χ1) is 10.1. The van der Waals surface area contributed by atoms with Crippen LogP contribution in [0.4, 0.5) is 0 Å². The third-order valence-corrected chi connectivity index (χ3v) is 3.77. The van der Waals surface area contributed by atoms with Gasteiger partial charge in [-0.2, -0.15) is 0 Å². The van der Waals surface area contributed by atoms with Gasteiger partial charge in [-0.15, -0.1) is 0 Å². The second-order valence-electron chi connectivity index (χ2n) is 4.68. The fraction of sp³-hybridized carbons (Fsp3) is 0.214. The van der Waals surface area contributed by atoms with E-state index in [1.54, 1.807) is 11.1 Å². The lowest BCUT2D eigenvalue weighted by atomic mass is 10.1. The zero-order valence-corrected chi connectivity index (χ0v) is 12.5. The van der Waals surface area contributed by atoms with Crippen molar-refractivity contribution in [1.29, 1.82) is 0 Å². The molecule has 0 radical (unpaired) electrons. The Bertz CT molecular complexity index is 705. The number of H-pyrrole nitrogens is 1. The van der Waals surface area contributed by atoms with Crippen molar-refractivity contribution in [3.8, 4) is 5.88 Å². The zero-order chi connectivity index (χ0) is 14.8. The average Bonchev–Trinajstić information content (AvgIpc) is 2.44. The van der Waals surface area contributed by atoms with Gasteiger partial charge in [-0.25, -0.2) is 4.98 Å². The summed E-state index contributed by atoms with van der Waals surface area (Å²) in [6.07, 6.45) is 3.01. The summed E-state index contributed by atoms with van der Waals surface area (Å²) in [5.74, 6) is 0.407. The number of likely N-dealkylation sites (tertiary alicyclic amines) is 1. The molecule has 0 atom stereocenters. The number of carbonyl (C=O) groups excluding carboxylic acids is 1. The molecule has 1 N–H and O–H groups in total. The van der Waals surface area contributed by atoms with E-state index in [2.05, 4.69) is 25.9 Å². The molecule has 21 heavy (non-hydrogen) atoms. The molecule has 0 saturated carbocycles. The van der Waals surface area contributed by atoms with Crippen LogP contribution in [-0.2, 0) is 0 Å². The van der Waals surface area contributed by atoms with Crippen molar-refractivity contribution in [2.45, 2.75) is 6.10 Å². The first-order valence-electron chi connectivity index (χ1n) is 6.38. The number of rotatable bonds is 3. The Hall–Kier alpha value is -2.15. The van der Waals surface area contributed by atoms with E-state index in [4.69, 9.17) is 4.74 Å². The lowest BCUT2D eigenvalue weighted by Crippen LogP contribution is -2.56. The van der Waals surface area contributed by atoms with Crippen LogP contribution in [0.2, 0.25) is 0 Å². The van der Waals surface area contributed by atoms with E-state index in [-0.39, 0.29) is 17.6 Å². The molecule has 3 heterocycles. The molecular formula is C14H12BrN3O3.